The largest absolute Gasteiger partial charge is 0.352 e. The molecule has 3 rings (SSSR count). The second-order valence-corrected chi connectivity index (χ2v) is 8.63. The molecule has 0 spiro atoms. The molecule has 1 atom stereocenters. The highest BCUT2D eigenvalue weighted by Gasteiger charge is 2.28. The Morgan fingerprint density at radius 2 is 1.67 bits per heavy atom. The van der Waals surface area contributed by atoms with Crippen molar-refractivity contribution in [1.29, 1.82) is 0 Å². The van der Waals surface area contributed by atoms with Gasteiger partial charge in [-0.25, -0.2) is 0 Å². The first kappa shape index (κ1) is 22.1. The molecule has 0 aliphatic heterocycles. The van der Waals surface area contributed by atoms with E-state index in [1.807, 2.05) is 69.3 Å². The fourth-order valence-corrected chi connectivity index (χ4v) is 4.10. The Morgan fingerprint density at radius 1 is 1.00 bits per heavy atom. The third-order valence-corrected chi connectivity index (χ3v) is 6.20. The first-order valence-electron chi connectivity index (χ1n) is 11.1. The number of hydrogen-bond acceptors (Lipinski definition) is 2. The predicted molar refractivity (Wildman–Crippen MR) is 121 cm³/mol. The minimum Gasteiger partial charge on any atom is -0.352 e. The van der Waals surface area contributed by atoms with Crippen LogP contribution >= 0.6 is 0 Å². The third-order valence-electron chi connectivity index (χ3n) is 6.20. The number of benzene rings is 2. The van der Waals surface area contributed by atoms with Gasteiger partial charge in [0.1, 0.15) is 6.04 Å². The van der Waals surface area contributed by atoms with Crippen molar-refractivity contribution in [3.63, 3.8) is 0 Å². The Hall–Kier alpha value is -2.62. The van der Waals surface area contributed by atoms with E-state index < -0.39 is 6.04 Å². The maximum atomic E-state index is 13.3. The van der Waals surface area contributed by atoms with Gasteiger partial charge in [-0.3, -0.25) is 9.59 Å². The molecule has 0 heterocycles. The lowest BCUT2D eigenvalue weighted by atomic mass is 9.95. The van der Waals surface area contributed by atoms with Crippen LogP contribution in [0.4, 0.5) is 0 Å². The quantitative estimate of drug-likeness (QED) is 0.724. The first-order chi connectivity index (χ1) is 14.4. The molecule has 4 heteroatoms. The van der Waals surface area contributed by atoms with Gasteiger partial charge in [0.25, 0.3) is 0 Å². The van der Waals surface area contributed by atoms with E-state index in [9.17, 15) is 9.59 Å². The number of carbonyl (C=O) groups excluding carboxylic acids is 2. The molecule has 1 fully saturated rings. The van der Waals surface area contributed by atoms with Crippen molar-refractivity contribution < 1.29 is 9.59 Å². The Kier molecular flexibility index (Phi) is 7.67. The molecular weight excluding hydrogens is 372 g/mol. The molecule has 0 saturated heterocycles. The number of rotatable bonds is 7. The van der Waals surface area contributed by atoms with Crippen molar-refractivity contribution in [2.75, 3.05) is 0 Å². The molecule has 0 unspecified atom stereocenters. The molecule has 4 nitrogen and oxygen atoms in total. The summed E-state index contributed by atoms with van der Waals surface area (Å²) in [4.78, 5) is 28.1. The van der Waals surface area contributed by atoms with Gasteiger partial charge in [-0.15, -0.1) is 0 Å². The average Bonchev–Trinajstić information content (AvgIpc) is 2.75. The van der Waals surface area contributed by atoms with E-state index in [0.29, 0.717) is 13.0 Å². The van der Waals surface area contributed by atoms with Crippen LogP contribution in [-0.2, 0) is 22.6 Å². The van der Waals surface area contributed by atoms with Crippen molar-refractivity contribution in [3.05, 3.63) is 70.8 Å². The normalized spacial score (nSPS) is 15.4. The standard InChI is InChI=1S/C26H34N2O2/c1-19-13-15-22(16-14-19)17-25(29)28(18-23-10-8-7-9-20(23)2)21(3)26(30)27-24-11-5-4-6-12-24/h7-10,13-16,21,24H,4-6,11-12,17-18H2,1-3H3,(H,27,30)/t21-/m0/s1. The number of carbonyl (C=O) groups is 2. The van der Waals surface area contributed by atoms with Crippen molar-refractivity contribution >= 4 is 11.8 Å². The van der Waals surface area contributed by atoms with Crippen LogP contribution in [0.15, 0.2) is 48.5 Å². The Balaban J connectivity index is 1.76. The molecule has 2 aromatic carbocycles. The maximum Gasteiger partial charge on any atom is 0.242 e. The summed E-state index contributed by atoms with van der Waals surface area (Å²) in [5.41, 5.74) is 4.35. The van der Waals surface area contributed by atoms with Gasteiger partial charge in [0.15, 0.2) is 0 Å². The van der Waals surface area contributed by atoms with Crippen LogP contribution in [0.3, 0.4) is 0 Å². The number of amides is 2. The fraction of sp³-hybridized carbons (Fsp3) is 0.462. The summed E-state index contributed by atoms with van der Waals surface area (Å²) >= 11 is 0. The van der Waals surface area contributed by atoms with Crippen LogP contribution in [-0.4, -0.2) is 28.8 Å². The lowest BCUT2D eigenvalue weighted by molar-refractivity contribution is -0.140. The average molecular weight is 407 g/mol. The Bertz CT molecular complexity index is 854. The van der Waals surface area contributed by atoms with Crippen LogP contribution in [0.1, 0.15) is 61.3 Å². The van der Waals surface area contributed by atoms with Gasteiger partial charge >= 0.3 is 0 Å². The molecule has 1 aliphatic carbocycles. The minimum absolute atomic E-state index is 0.0200. The molecule has 0 aromatic heterocycles. The van der Waals surface area contributed by atoms with Crippen molar-refractivity contribution in [2.45, 2.75) is 77.9 Å². The summed E-state index contributed by atoms with van der Waals surface area (Å²) < 4.78 is 0. The number of aryl methyl sites for hydroxylation is 2. The summed E-state index contributed by atoms with van der Waals surface area (Å²) in [6.45, 7) is 6.37. The van der Waals surface area contributed by atoms with Crippen molar-refractivity contribution in [1.82, 2.24) is 10.2 Å². The van der Waals surface area contributed by atoms with Gasteiger partial charge in [-0.05, 0) is 50.3 Å². The van der Waals surface area contributed by atoms with Crippen LogP contribution in [0.5, 0.6) is 0 Å². The maximum absolute atomic E-state index is 13.3. The third kappa shape index (κ3) is 5.94. The Morgan fingerprint density at radius 3 is 2.33 bits per heavy atom. The molecular formula is C26H34N2O2. The molecule has 2 aromatic rings. The van der Waals surface area contributed by atoms with E-state index in [0.717, 1.165) is 29.5 Å². The zero-order valence-electron chi connectivity index (χ0n) is 18.5. The smallest absolute Gasteiger partial charge is 0.242 e. The predicted octanol–water partition coefficient (Wildman–Crippen LogP) is 4.71. The number of nitrogens with zero attached hydrogens (tertiary/aromatic N) is 1. The molecule has 1 saturated carbocycles. The van der Waals surface area contributed by atoms with E-state index in [2.05, 4.69) is 5.32 Å². The SMILES string of the molecule is Cc1ccc(CC(=O)N(Cc2ccccc2C)[C@@H](C)C(=O)NC2CCCCC2)cc1. The highest BCUT2D eigenvalue weighted by molar-refractivity contribution is 5.88. The van der Waals surface area contributed by atoms with E-state index in [1.54, 1.807) is 4.90 Å². The monoisotopic (exact) mass is 406 g/mol. The summed E-state index contributed by atoms with van der Waals surface area (Å²) in [5.74, 6) is -0.0684. The molecule has 30 heavy (non-hydrogen) atoms. The topological polar surface area (TPSA) is 49.4 Å². The molecule has 2 amide bonds. The summed E-state index contributed by atoms with van der Waals surface area (Å²) in [6, 6.07) is 15.8. The van der Waals surface area contributed by atoms with Crippen LogP contribution in [0.2, 0.25) is 0 Å². The molecule has 1 aliphatic rings. The van der Waals surface area contributed by atoms with E-state index in [1.165, 1.54) is 24.8 Å². The van der Waals surface area contributed by atoms with E-state index >= 15 is 0 Å². The lowest BCUT2D eigenvalue weighted by Crippen LogP contribution is -2.50. The van der Waals surface area contributed by atoms with Gasteiger partial charge in [0.2, 0.25) is 11.8 Å². The van der Waals surface area contributed by atoms with Gasteiger partial charge in [-0.1, -0.05) is 73.4 Å². The second kappa shape index (κ2) is 10.4. The summed E-state index contributed by atoms with van der Waals surface area (Å²) in [7, 11) is 0. The van der Waals surface area contributed by atoms with E-state index in [4.69, 9.17) is 0 Å². The molecule has 0 bridgehead atoms. The van der Waals surface area contributed by atoms with Crippen LogP contribution in [0, 0.1) is 13.8 Å². The first-order valence-corrected chi connectivity index (χ1v) is 11.1. The van der Waals surface area contributed by atoms with Gasteiger partial charge in [0, 0.05) is 12.6 Å². The van der Waals surface area contributed by atoms with Gasteiger partial charge < -0.3 is 10.2 Å². The van der Waals surface area contributed by atoms with Crippen molar-refractivity contribution in [2.24, 2.45) is 0 Å². The summed E-state index contributed by atoms with van der Waals surface area (Å²) in [5, 5.41) is 3.19. The fourth-order valence-electron chi connectivity index (χ4n) is 4.10. The van der Waals surface area contributed by atoms with E-state index in [-0.39, 0.29) is 17.9 Å². The second-order valence-electron chi connectivity index (χ2n) is 8.63. The van der Waals surface area contributed by atoms with Gasteiger partial charge in [0.05, 0.1) is 6.42 Å². The lowest BCUT2D eigenvalue weighted by Gasteiger charge is -2.31. The summed E-state index contributed by atoms with van der Waals surface area (Å²) in [6.07, 6.45) is 5.95. The zero-order valence-corrected chi connectivity index (χ0v) is 18.5. The highest BCUT2D eigenvalue weighted by Crippen LogP contribution is 2.19. The Labute approximate surface area is 180 Å². The highest BCUT2D eigenvalue weighted by atomic mass is 16.2. The zero-order chi connectivity index (χ0) is 21.5. The molecule has 0 radical (unpaired) electrons. The van der Waals surface area contributed by atoms with Crippen LogP contribution < -0.4 is 5.32 Å². The van der Waals surface area contributed by atoms with Gasteiger partial charge in [-0.2, -0.15) is 0 Å². The molecule has 160 valence electrons. The molecule has 1 N–H and O–H groups in total. The van der Waals surface area contributed by atoms with Crippen LogP contribution in [0.25, 0.3) is 0 Å². The minimum atomic E-state index is -0.510. The number of hydrogen-bond donors (Lipinski definition) is 1. The number of nitrogens with one attached hydrogen (secondary N) is 1. The van der Waals surface area contributed by atoms with Crippen molar-refractivity contribution in [3.8, 4) is 0 Å².